The molecule has 2 rings (SSSR count). The number of amides is 2. The van der Waals surface area contributed by atoms with Crippen LogP contribution in [0.1, 0.15) is 57.8 Å². The number of hydrogen-bond donors (Lipinski definition) is 3. The lowest BCUT2D eigenvalue weighted by Crippen LogP contribution is -2.45. The summed E-state index contributed by atoms with van der Waals surface area (Å²) in [5, 5.41) is 6.39. The van der Waals surface area contributed by atoms with Crippen molar-refractivity contribution in [2.75, 3.05) is 6.54 Å². The van der Waals surface area contributed by atoms with Gasteiger partial charge in [0.15, 0.2) is 0 Å². The third-order valence-electron chi connectivity index (χ3n) is 4.58. The second-order valence-corrected chi connectivity index (χ2v) is 6.24. The maximum Gasteiger partial charge on any atom is 0.221 e. The van der Waals surface area contributed by atoms with E-state index >= 15 is 0 Å². The summed E-state index contributed by atoms with van der Waals surface area (Å²) in [6.07, 6.45) is 8.85. The van der Waals surface area contributed by atoms with E-state index in [1.807, 2.05) is 0 Å². The summed E-state index contributed by atoms with van der Waals surface area (Å²) in [4.78, 5) is 23.4. The van der Waals surface area contributed by atoms with E-state index < -0.39 is 0 Å². The molecule has 2 unspecified atom stereocenters. The van der Waals surface area contributed by atoms with Gasteiger partial charge in [0.25, 0.3) is 0 Å². The number of halogens is 1. The van der Waals surface area contributed by atoms with Gasteiger partial charge in [-0.15, -0.1) is 12.4 Å². The lowest BCUT2D eigenvalue weighted by atomic mass is 9.82. The normalized spacial score (nSPS) is 24.1. The molecule has 4 N–H and O–H groups in total. The van der Waals surface area contributed by atoms with E-state index in [1.54, 1.807) is 0 Å². The van der Waals surface area contributed by atoms with Gasteiger partial charge < -0.3 is 16.4 Å². The van der Waals surface area contributed by atoms with Crippen LogP contribution in [0, 0.1) is 5.92 Å². The molecular weight excluding hydrogens is 290 g/mol. The summed E-state index contributed by atoms with van der Waals surface area (Å²) in [5.74, 6) is 0.151. The largest absolute Gasteiger partial charge is 0.370 e. The van der Waals surface area contributed by atoms with Crippen molar-refractivity contribution in [3.63, 3.8) is 0 Å². The van der Waals surface area contributed by atoms with E-state index in [9.17, 15) is 9.59 Å². The van der Waals surface area contributed by atoms with Crippen LogP contribution in [-0.2, 0) is 9.59 Å². The molecule has 122 valence electrons. The molecule has 1 aliphatic heterocycles. The van der Waals surface area contributed by atoms with Crippen molar-refractivity contribution in [1.82, 2.24) is 10.6 Å². The molecule has 5 nitrogen and oxygen atoms in total. The summed E-state index contributed by atoms with van der Waals surface area (Å²) in [6, 6.07) is 0.234. The number of rotatable bonds is 6. The average molecular weight is 318 g/mol. The molecule has 0 aromatic heterocycles. The Morgan fingerprint density at radius 3 is 2.43 bits per heavy atom. The van der Waals surface area contributed by atoms with Crippen molar-refractivity contribution in [1.29, 1.82) is 0 Å². The molecule has 2 fully saturated rings. The Hall–Kier alpha value is -0.810. The Morgan fingerprint density at radius 2 is 1.86 bits per heavy atom. The van der Waals surface area contributed by atoms with Crippen LogP contribution in [0.15, 0.2) is 0 Å². The lowest BCUT2D eigenvalue weighted by molar-refractivity contribution is -0.123. The predicted octanol–water partition coefficient (Wildman–Crippen LogP) is 1.49. The predicted molar refractivity (Wildman–Crippen MR) is 85.2 cm³/mol. The minimum Gasteiger partial charge on any atom is -0.370 e. The summed E-state index contributed by atoms with van der Waals surface area (Å²) < 4.78 is 0. The van der Waals surface area contributed by atoms with Crippen LogP contribution < -0.4 is 16.4 Å². The monoisotopic (exact) mass is 317 g/mol. The highest BCUT2D eigenvalue weighted by Crippen LogP contribution is 2.27. The Labute approximate surface area is 133 Å². The molecule has 0 spiro atoms. The molecule has 0 aromatic carbocycles. The molecule has 2 atom stereocenters. The Morgan fingerprint density at radius 1 is 1.14 bits per heavy atom. The number of carbonyl (C=O) groups is 2. The standard InChI is InChI=1S/C15H27N3O2.ClH/c16-14(19)10-13(11-5-2-1-3-6-11)18-15(20)9-12-7-4-8-17-12;/h11-13,17H,1-10H2,(H2,16,19)(H,18,20);1H. The van der Waals surface area contributed by atoms with Gasteiger partial charge in [-0.05, 0) is 38.1 Å². The second-order valence-electron chi connectivity index (χ2n) is 6.24. The van der Waals surface area contributed by atoms with E-state index in [-0.39, 0.29) is 36.7 Å². The van der Waals surface area contributed by atoms with Gasteiger partial charge in [0.1, 0.15) is 0 Å². The average Bonchev–Trinajstić information content (AvgIpc) is 2.91. The van der Waals surface area contributed by atoms with Crippen molar-refractivity contribution in [3.05, 3.63) is 0 Å². The van der Waals surface area contributed by atoms with Crippen molar-refractivity contribution in [3.8, 4) is 0 Å². The molecule has 0 radical (unpaired) electrons. The maximum atomic E-state index is 12.1. The first-order valence-corrected chi connectivity index (χ1v) is 7.96. The molecule has 1 saturated heterocycles. The molecule has 1 aliphatic carbocycles. The molecule has 2 amide bonds. The molecular formula is C15H28ClN3O2. The van der Waals surface area contributed by atoms with Crippen molar-refractivity contribution in [2.45, 2.75) is 69.9 Å². The van der Waals surface area contributed by atoms with E-state index in [0.717, 1.165) is 32.2 Å². The molecule has 21 heavy (non-hydrogen) atoms. The van der Waals surface area contributed by atoms with E-state index in [0.29, 0.717) is 18.4 Å². The van der Waals surface area contributed by atoms with Crippen molar-refractivity contribution < 1.29 is 9.59 Å². The summed E-state index contributed by atoms with van der Waals surface area (Å²) in [7, 11) is 0. The third-order valence-corrected chi connectivity index (χ3v) is 4.58. The molecule has 0 aromatic rings. The highest BCUT2D eigenvalue weighted by molar-refractivity contribution is 5.85. The summed E-state index contributed by atoms with van der Waals surface area (Å²) in [6.45, 7) is 1.01. The third kappa shape index (κ3) is 6.22. The van der Waals surface area contributed by atoms with Gasteiger partial charge in [-0.3, -0.25) is 9.59 Å². The highest BCUT2D eigenvalue weighted by Gasteiger charge is 2.27. The van der Waals surface area contributed by atoms with Gasteiger partial charge in [-0.25, -0.2) is 0 Å². The van der Waals surface area contributed by atoms with E-state index in [1.165, 1.54) is 19.3 Å². The van der Waals surface area contributed by atoms with Crippen LogP contribution >= 0.6 is 12.4 Å². The zero-order valence-corrected chi connectivity index (χ0v) is 13.4. The van der Waals surface area contributed by atoms with Crippen LogP contribution in [0.5, 0.6) is 0 Å². The molecule has 1 heterocycles. The fourth-order valence-electron chi connectivity index (χ4n) is 3.51. The lowest BCUT2D eigenvalue weighted by Gasteiger charge is -2.30. The van der Waals surface area contributed by atoms with Gasteiger partial charge in [0.2, 0.25) is 11.8 Å². The van der Waals surface area contributed by atoms with Crippen LogP contribution in [0.2, 0.25) is 0 Å². The molecule has 2 aliphatic rings. The van der Waals surface area contributed by atoms with Gasteiger partial charge >= 0.3 is 0 Å². The first kappa shape index (κ1) is 18.2. The minimum atomic E-state index is -0.320. The Balaban J connectivity index is 0.00000220. The number of hydrogen-bond acceptors (Lipinski definition) is 3. The number of primary amides is 1. The summed E-state index contributed by atoms with van der Waals surface area (Å²) >= 11 is 0. The summed E-state index contributed by atoms with van der Waals surface area (Å²) in [5.41, 5.74) is 5.34. The minimum absolute atomic E-state index is 0. The van der Waals surface area contributed by atoms with E-state index in [4.69, 9.17) is 5.73 Å². The molecule has 6 heteroatoms. The smallest absolute Gasteiger partial charge is 0.221 e. The van der Waals surface area contributed by atoms with Crippen molar-refractivity contribution >= 4 is 24.2 Å². The SMILES string of the molecule is Cl.NC(=O)CC(NC(=O)CC1CCCN1)C1CCCCC1. The van der Waals surface area contributed by atoms with Crippen LogP contribution in [0.3, 0.4) is 0 Å². The van der Waals surface area contributed by atoms with Gasteiger partial charge in [-0.2, -0.15) is 0 Å². The van der Waals surface area contributed by atoms with E-state index in [2.05, 4.69) is 10.6 Å². The topological polar surface area (TPSA) is 84.2 Å². The fourth-order valence-corrected chi connectivity index (χ4v) is 3.51. The molecule has 1 saturated carbocycles. The number of nitrogens with two attached hydrogens (primary N) is 1. The molecule has 0 bridgehead atoms. The van der Waals surface area contributed by atoms with Crippen LogP contribution in [0.25, 0.3) is 0 Å². The van der Waals surface area contributed by atoms with Crippen LogP contribution in [-0.4, -0.2) is 30.4 Å². The first-order chi connectivity index (χ1) is 9.65. The highest BCUT2D eigenvalue weighted by atomic mass is 35.5. The zero-order valence-electron chi connectivity index (χ0n) is 12.6. The van der Waals surface area contributed by atoms with Crippen molar-refractivity contribution in [2.24, 2.45) is 11.7 Å². The zero-order chi connectivity index (χ0) is 14.4. The Bertz CT molecular complexity index is 340. The number of carbonyl (C=O) groups excluding carboxylic acids is 2. The van der Waals surface area contributed by atoms with Gasteiger partial charge in [-0.1, -0.05) is 19.3 Å². The van der Waals surface area contributed by atoms with Gasteiger partial charge in [0, 0.05) is 24.9 Å². The fraction of sp³-hybridized carbons (Fsp3) is 0.867. The second kappa shape index (κ2) is 9.26. The number of nitrogens with one attached hydrogen (secondary N) is 2. The van der Waals surface area contributed by atoms with Gasteiger partial charge in [0.05, 0.1) is 0 Å². The Kier molecular flexibility index (Phi) is 8.04. The first-order valence-electron chi connectivity index (χ1n) is 7.96. The maximum absolute atomic E-state index is 12.1. The van der Waals surface area contributed by atoms with Crippen LogP contribution in [0.4, 0.5) is 0 Å². The quantitative estimate of drug-likeness (QED) is 0.694.